The lowest BCUT2D eigenvalue weighted by Crippen LogP contribution is -2.12. The van der Waals surface area contributed by atoms with Crippen LogP contribution in [0.1, 0.15) is 19.8 Å². The molecule has 0 saturated heterocycles. The van der Waals surface area contributed by atoms with Crippen LogP contribution in [0.2, 0.25) is 0 Å². The van der Waals surface area contributed by atoms with Gasteiger partial charge in [-0.15, -0.1) is 0 Å². The van der Waals surface area contributed by atoms with Gasteiger partial charge in [-0.3, -0.25) is 4.89 Å². The standard InChI is InChI=1S/C6H13NO4/c1-5(9-2)3-4-6(8)10-11-7/h5H,3-4,7H2,1-2H3. The van der Waals surface area contributed by atoms with Gasteiger partial charge in [0.1, 0.15) is 0 Å². The van der Waals surface area contributed by atoms with E-state index in [9.17, 15) is 4.79 Å². The Kier molecular flexibility index (Phi) is 5.73. The maximum absolute atomic E-state index is 10.6. The van der Waals surface area contributed by atoms with Crippen molar-refractivity contribution in [3.63, 3.8) is 0 Å². The molecule has 11 heavy (non-hydrogen) atoms. The highest BCUT2D eigenvalue weighted by Gasteiger charge is 2.06. The molecule has 0 bridgehead atoms. The van der Waals surface area contributed by atoms with Gasteiger partial charge in [0.15, 0.2) is 0 Å². The minimum atomic E-state index is -0.489. The third kappa shape index (κ3) is 5.78. The van der Waals surface area contributed by atoms with Crippen molar-refractivity contribution < 1.29 is 19.4 Å². The monoisotopic (exact) mass is 163 g/mol. The molecule has 0 aromatic heterocycles. The van der Waals surface area contributed by atoms with Crippen LogP contribution >= 0.6 is 0 Å². The molecule has 0 aliphatic carbocycles. The second-order valence-corrected chi connectivity index (χ2v) is 2.14. The summed E-state index contributed by atoms with van der Waals surface area (Å²) in [5, 5.41) is 0. The normalized spacial score (nSPS) is 12.6. The van der Waals surface area contributed by atoms with E-state index in [1.807, 2.05) is 6.92 Å². The SMILES string of the molecule is COC(C)CCC(=O)OON. The maximum Gasteiger partial charge on any atom is 0.344 e. The molecule has 5 nitrogen and oxygen atoms in total. The first-order valence-electron chi connectivity index (χ1n) is 3.29. The van der Waals surface area contributed by atoms with Crippen molar-refractivity contribution in [2.75, 3.05) is 7.11 Å². The van der Waals surface area contributed by atoms with Crippen molar-refractivity contribution in [3.05, 3.63) is 0 Å². The summed E-state index contributed by atoms with van der Waals surface area (Å²) >= 11 is 0. The van der Waals surface area contributed by atoms with Gasteiger partial charge in [-0.25, -0.2) is 4.79 Å². The third-order valence-electron chi connectivity index (χ3n) is 1.30. The highest BCUT2D eigenvalue weighted by Crippen LogP contribution is 2.00. The number of nitrogens with two attached hydrogens (primary N) is 1. The Bertz CT molecular complexity index is 117. The summed E-state index contributed by atoms with van der Waals surface area (Å²) in [6.07, 6.45) is 0.880. The summed E-state index contributed by atoms with van der Waals surface area (Å²) in [4.78, 5) is 18.3. The highest BCUT2D eigenvalue weighted by atomic mass is 17.3. The van der Waals surface area contributed by atoms with E-state index < -0.39 is 5.97 Å². The average molecular weight is 163 g/mol. The molecule has 66 valence electrons. The molecule has 0 heterocycles. The van der Waals surface area contributed by atoms with Crippen LogP contribution in [0.25, 0.3) is 0 Å². The molecule has 0 amide bonds. The molecule has 0 aromatic carbocycles. The lowest BCUT2D eigenvalue weighted by Gasteiger charge is -2.06. The van der Waals surface area contributed by atoms with Gasteiger partial charge in [0, 0.05) is 7.11 Å². The Morgan fingerprint density at radius 2 is 2.27 bits per heavy atom. The lowest BCUT2D eigenvalue weighted by molar-refractivity contribution is -0.276. The first kappa shape index (κ1) is 10.3. The molecule has 0 rings (SSSR count). The number of methoxy groups -OCH3 is 1. The fraction of sp³-hybridized carbons (Fsp3) is 0.833. The molecule has 0 spiro atoms. The second kappa shape index (κ2) is 6.09. The van der Waals surface area contributed by atoms with Crippen LogP contribution in [-0.4, -0.2) is 19.2 Å². The minimum absolute atomic E-state index is 0.0420. The van der Waals surface area contributed by atoms with Gasteiger partial charge < -0.3 is 4.74 Å². The van der Waals surface area contributed by atoms with Crippen LogP contribution in [0, 0.1) is 0 Å². The van der Waals surface area contributed by atoms with E-state index in [0.29, 0.717) is 6.42 Å². The van der Waals surface area contributed by atoms with E-state index in [-0.39, 0.29) is 12.5 Å². The zero-order valence-electron chi connectivity index (χ0n) is 6.70. The molecule has 2 N–H and O–H groups in total. The van der Waals surface area contributed by atoms with Crippen LogP contribution in [0.15, 0.2) is 0 Å². The third-order valence-corrected chi connectivity index (χ3v) is 1.30. The summed E-state index contributed by atoms with van der Waals surface area (Å²) in [5.74, 6) is 4.00. The van der Waals surface area contributed by atoms with Crippen LogP contribution in [0.5, 0.6) is 0 Å². The summed E-state index contributed by atoms with van der Waals surface area (Å²) in [7, 11) is 1.58. The average Bonchev–Trinajstić information content (AvgIpc) is 2.01. The summed E-state index contributed by atoms with van der Waals surface area (Å²) in [6.45, 7) is 1.86. The molecule has 0 radical (unpaired) electrons. The molecule has 0 aliphatic heterocycles. The predicted molar refractivity (Wildman–Crippen MR) is 37.1 cm³/mol. The number of carbonyl (C=O) groups is 1. The van der Waals surface area contributed by atoms with Crippen LogP contribution < -0.4 is 5.90 Å². The van der Waals surface area contributed by atoms with E-state index >= 15 is 0 Å². The summed E-state index contributed by atoms with van der Waals surface area (Å²) in [5.41, 5.74) is 0. The van der Waals surface area contributed by atoms with Crippen LogP contribution in [0.3, 0.4) is 0 Å². The van der Waals surface area contributed by atoms with Gasteiger partial charge in [0.25, 0.3) is 0 Å². The largest absolute Gasteiger partial charge is 0.382 e. The summed E-state index contributed by atoms with van der Waals surface area (Å²) in [6, 6.07) is 0. The minimum Gasteiger partial charge on any atom is -0.382 e. The lowest BCUT2D eigenvalue weighted by atomic mass is 10.2. The zero-order chi connectivity index (χ0) is 8.69. The fourth-order valence-electron chi connectivity index (χ4n) is 0.534. The van der Waals surface area contributed by atoms with Gasteiger partial charge >= 0.3 is 5.97 Å². The Labute approximate surface area is 65.3 Å². The van der Waals surface area contributed by atoms with Crippen molar-refractivity contribution in [1.29, 1.82) is 0 Å². The maximum atomic E-state index is 10.6. The van der Waals surface area contributed by atoms with Gasteiger partial charge in [0.05, 0.1) is 12.5 Å². The molecule has 1 atom stereocenters. The highest BCUT2D eigenvalue weighted by molar-refractivity contribution is 5.68. The van der Waals surface area contributed by atoms with Crippen LogP contribution in [0.4, 0.5) is 0 Å². The molecule has 0 aliphatic rings. The first-order valence-corrected chi connectivity index (χ1v) is 3.29. The van der Waals surface area contributed by atoms with Crippen molar-refractivity contribution in [2.45, 2.75) is 25.9 Å². The number of hydrogen-bond acceptors (Lipinski definition) is 5. The van der Waals surface area contributed by atoms with Crippen molar-refractivity contribution in [3.8, 4) is 0 Å². The quantitative estimate of drug-likeness (QED) is 0.461. The van der Waals surface area contributed by atoms with E-state index in [1.54, 1.807) is 7.11 Å². The Morgan fingerprint density at radius 1 is 1.64 bits per heavy atom. The molecule has 1 unspecified atom stereocenters. The van der Waals surface area contributed by atoms with E-state index in [4.69, 9.17) is 4.74 Å². The van der Waals surface area contributed by atoms with Crippen molar-refractivity contribution >= 4 is 5.97 Å². The zero-order valence-corrected chi connectivity index (χ0v) is 6.70. The first-order chi connectivity index (χ1) is 5.20. The number of rotatable bonds is 5. The Morgan fingerprint density at radius 3 is 2.73 bits per heavy atom. The van der Waals surface area contributed by atoms with Gasteiger partial charge in [-0.05, 0) is 13.3 Å². The van der Waals surface area contributed by atoms with E-state index in [0.717, 1.165) is 0 Å². The predicted octanol–water partition coefficient (Wildman–Crippen LogP) is 0.150. The van der Waals surface area contributed by atoms with Gasteiger partial charge in [-0.1, -0.05) is 4.99 Å². The molecule has 0 aromatic rings. The number of carbonyl (C=O) groups excluding carboxylic acids is 1. The number of ether oxygens (including phenoxy) is 1. The summed E-state index contributed by atoms with van der Waals surface area (Å²) < 4.78 is 4.90. The topological polar surface area (TPSA) is 70.8 Å². The van der Waals surface area contributed by atoms with Gasteiger partial charge in [0.2, 0.25) is 0 Å². The molecular formula is C6H13NO4. The van der Waals surface area contributed by atoms with Crippen LogP contribution in [-0.2, 0) is 19.4 Å². The van der Waals surface area contributed by atoms with E-state index in [2.05, 4.69) is 15.8 Å². The van der Waals surface area contributed by atoms with Gasteiger partial charge in [-0.2, -0.15) is 5.90 Å². The molecule has 0 fully saturated rings. The molecule has 0 saturated carbocycles. The molecular weight excluding hydrogens is 150 g/mol. The molecule has 5 heteroatoms. The number of hydrogen-bond donors (Lipinski definition) is 1. The Balaban J connectivity index is 3.30. The van der Waals surface area contributed by atoms with E-state index in [1.165, 1.54) is 0 Å². The Hall–Kier alpha value is -0.650. The smallest absolute Gasteiger partial charge is 0.344 e. The van der Waals surface area contributed by atoms with Crippen molar-refractivity contribution in [2.24, 2.45) is 5.90 Å². The second-order valence-electron chi connectivity index (χ2n) is 2.14. The van der Waals surface area contributed by atoms with Crippen molar-refractivity contribution in [1.82, 2.24) is 0 Å². The fourth-order valence-corrected chi connectivity index (χ4v) is 0.534.